The first-order chi connectivity index (χ1) is 11.1. The number of benzene rings is 1. The molecule has 1 aromatic carbocycles. The molecule has 134 valence electrons. The molecule has 3 rings (SSSR count). The van der Waals surface area contributed by atoms with E-state index in [0.29, 0.717) is 31.1 Å². The molecule has 0 aliphatic heterocycles. The molecule has 2 N–H and O–H groups in total. The third-order valence-corrected chi connectivity index (χ3v) is 5.48. The summed E-state index contributed by atoms with van der Waals surface area (Å²) in [5.41, 5.74) is 6.60. The van der Waals surface area contributed by atoms with E-state index >= 15 is 0 Å². The molecule has 0 spiro atoms. The summed E-state index contributed by atoms with van der Waals surface area (Å²) in [5, 5.41) is 0. The van der Waals surface area contributed by atoms with E-state index in [1.54, 1.807) is 12.1 Å². The van der Waals surface area contributed by atoms with Gasteiger partial charge >= 0.3 is 0 Å². The zero-order valence-electron chi connectivity index (χ0n) is 14.2. The number of hydrogen-bond donors (Lipinski definition) is 1. The fourth-order valence-electron chi connectivity index (χ4n) is 3.79. The van der Waals surface area contributed by atoms with E-state index in [1.807, 2.05) is 11.0 Å². The second kappa shape index (κ2) is 8.30. The van der Waals surface area contributed by atoms with Crippen LogP contribution in [-0.4, -0.2) is 23.4 Å². The number of nitrogens with zero attached hydrogens (tertiary/aromatic N) is 1. The first-order valence-corrected chi connectivity index (χ1v) is 8.86. The van der Waals surface area contributed by atoms with Gasteiger partial charge in [-0.2, -0.15) is 0 Å². The van der Waals surface area contributed by atoms with Gasteiger partial charge in [-0.15, -0.1) is 12.4 Å². The van der Waals surface area contributed by atoms with Crippen LogP contribution in [0, 0.1) is 11.2 Å². The number of rotatable bonds is 6. The predicted molar refractivity (Wildman–Crippen MR) is 96.4 cm³/mol. The summed E-state index contributed by atoms with van der Waals surface area (Å²) in [6.45, 7) is 0.966. The van der Waals surface area contributed by atoms with E-state index in [0.717, 1.165) is 25.7 Å². The van der Waals surface area contributed by atoms with Gasteiger partial charge in [-0.25, -0.2) is 4.39 Å². The van der Waals surface area contributed by atoms with Crippen LogP contribution >= 0.6 is 12.4 Å². The maximum Gasteiger partial charge on any atom is 0.223 e. The number of nitrogens with two attached hydrogens (primary N) is 1. The Hall–Kier alpha value is -1.13. The van der Waals surface area contributed by atoms with Gasteiger partial charge in [0.15, 0.2) is 0 Å². The lowest BCUT2D eigenvalue weighted by molar-refractivity contribution is -0.135. The third kappa shape index (κ3) is 4.48. The topological polar surface area (TPSA) is 46.3 Å². The average Bonchev–Trinajstić information content (AvgIpc) is 3.39. The summed E-state index contributed by atoms with van der Waals surface area (Å²) in [6, 6.07) is 7.05. The van der Waals surface area contributed by atoms with Crippen molar-refractivity contribution in [1.82, 2.24) is 4.90 Å². The highest BCUT2D eigenvalue weighted by Gasteiger charge is 2.38. The molecule has 0 bridgehead atoms. The van der Waals surface area contributed by atoms with Gasteiger partial charge in [-0.05, 0) is 43.7 Å². The molecule has 24 heavy (non-hydrogen) atoms. The Kier molecular flexibility index (Phi) is 6.64. The van der Waals surface area contributed by atoms with Crippen LogP contribution in [0.3, 0.4) is 0 Å². The number of carbonyl (C=O) groups excluding carboxylic acids is 1. The largest absolute Gasteiger partial charge is 0.335 e. The summed E-state index contributed by atoms with van der Waals surface area (Å²) in [6.07, 6.45) is 8.28. The standard InChI is InChI=1S/C19H27FN2O.ClH/c20-17-7-3-2-6-15(17)13-22(16-8-9-16)18(23)12-19(14-21)10-4-1-5-11-19;/h2-3,6-7,16H,1,4-5,8-14,21H2;1H. The molecular formula is C19H28ClFN2O. The van der Waals surface area contributed by atoms with Gasteiger partial charge in [0.05, 0.1) is 0 Å². The van der Waals surface area contributed by atoms with Crippen molar-refractivity contribution in [2.24, 2.45) is 11.1 Å². The second-order valence-corrected chi connectivity index (χ2v) is 7.29. The molecule has 0 saturated heterocycles. The summed E-state index contributed by atoms with van der Waals surface area (Å²) < 4.78 is 13.9. The van der Waals surface area contributed by atoms with E-state index in [9.17, 15) is 9.18 Å². The lowest BCUT2D eigenvalue weighted by Crippen LogP contribution is -2.41. The lowest BCUT2D eigenvalue weighted by Gasteiger charge is -2.37. The van der Waals surface area contributed by atoms with Gasteiger partial charge in [-0.1, -0.05) is 37.5 Å². The van der Waals surface area contributed by atoms with E-state index in [-0.39, 0.29) is 29.5 Å². The zero-order chi connectivity index (χ0) is 16.3. The van der Waals surface area contributed by atoms with Crippen LogP contribution in [0.4, 0.5) is 4.39 Å². The number of amides is 1. The molecule has 2 saturated carbocycles. The van der Waals surface area contributed by atoms with Gasteiger partial charge in [0.1, 0.15) is 5.82 Å². The minimum atomic E-state index is -0.225. The van der Waals surface area contributed by atoms with Gasteiger partial charge in [0.2, 0.25) is 5.91 Å². The van der Waals surface area contributed by atoms with Crippen LogP contribution in [0.25, 0.3) is 0 Å². The maximum absolute atomic E-state index is 13.9. The van der Waals surface area contributed by atoms with Crippen molar-refractivity contribution >= 4 is 18.3 Å². The quantitative estimate of drug-likeness (QED) is 0.838. The van der Waals surface area contributed by atoms with Crippen molar-refractivity contribution < 1.29 is 9.18 Å². The summed E-state index contributed by atoms with van der Waals surface area (Å²) >= 11 is 0. The summed E-state index contributed by atoms with van der Waals surface area (Å²) in [5.74, 6) is -0.0692. The van der Waals surface area contributed by atoms with Crippen LogP contribution in [0.2, 0.25) is 0 Å². The number of hydrogen-bond acceptors (Lipinski definition) is 2. The van der Waals surface area contributed by atoms with Gasteiger partial charge in [-0.3, -0.25) is 4.79 Å². The number of halogens is 2. The highest BCUT2D eigenvalue weighted by atomic mass is 35.5. The zero-order valence-corrected chi connectivity index (χ0v) is 15.0. The Morgan fingerprint density at radius 2 is 1.88 bits per heavy atom. The number of carbonyl (C=O) groups is 1. The predicted octanol–water partition coefficient (Wildman–Crippen LogP) is 4.04. The van der Waals surface area contributed by atoms with Crippen molar-refractivity contribution in [2.45, 2.75) is 64.0 Å². The smallest absolute Gasteiger partial charge is 0.223 e. The van der Waals surface area contributed by atoms with Crippen molar-refractivity contribution in [2.75, 3.05) is 6.54 Å². The van der Waals surface area contributed by atoms with E-state index in [1.165, 1.54) is 25.3 Å². The van der Waals surface area contributed by atoms with Crippen molar-refractivity contribution in [3.8, 4) is 0 Å². The SMILES string of the molecule is Cl.NCC1(CC(=O)N(Cc2ccccc2F)C2CC2)CCCCC1. The normalized spacial score (nSPS) is 19.4. The van der Waals surface area contributed by atoms with Crippen LogP contribution in [0.5, 0.6) is 0 Å². The minimum absolute atomic E-state index is 0. The van der Waals surface area contributed by atoms with Crippen LogP contribution in [-0.2, 0) is 11.3 Å². The van der Waals surface area contributed by atoms with Crippen molar-refractivity contribution in [1.29, 1.82) is 0 Å². The fourth-order valence-corrected chi connectivity index (χ4v) is 3.79. The van der Waals surface area contributed by atoms with Gasteiger partial charge in [0, 0.05) is 24.6 Å². The van der Waals surface area contributed by atoms with Gasteiger partial charge in [0.25, 0.3) is 0 Å². The highest BCUT2D eigenvalue weighted by molar-refractivity contribution is 5.85. The Morgan fingerprint density at radius 1 is 1.21 bits per heavy atom. The Labute approximate surface area is 150 Å². The molecular weight excluding hydrogens is 327 g/mol. The second-order valence-electron chi connectivity index (χ2n) is 7.29. The molecule has 5 heteroatoms. The Bertz CT molecular complexity index is 556. The van der Waals surface area contributed by atoms with E-state index in [4.69, 9.17) is 5.73 Å². The highest BCUT2D eigenvalue weighted by Crippen LogP contribution is 2.40. The molecule has 2 aliphatic rings. The molecule has 0 heterocycles. The van der Waals surface area contributed by atoms with Crippen molar-refractivity contribution in [3.63, 3.8) is 0 Å². The minimum Gasteiger partial charge on any atom is -0.335 e. The molecule has 0 unspecified atom stereocenters. The third-order valence-electron chi connectivity index (χ3n) is 5.48. The first-order valence-electron chi connectivity index (χ1n) is 8.86. The fraction of sp³-hybridized carbons (Fsp3) is 0.632. The molecule has 2 aliphatic carbocycles. The molecule has 1 aromatic rings. The van der Waals surface area contributed by atoms with Crippen LogP contribution in [0.1, 0.15) is 56.9 Å². The molecule has 0 atom stereocenters. The molecule has 0 aromatic heterocycles. The maximum atomic E-state index is 13.9. The summed E-state index contributed by atoms with van der Waals surface area (Å²) in [7, 11) is 0. The monoisotopic (exact) mass is 354 g/mol. The Balaban J connectivity index is 0.00000208. The molecule has 3 nitrogen and oxygen atoms in total. The molecule has 0 radical (unpaired) electrons. The van der Waals surface area contributed by atoms with Crippen LogP contribution in [0.15, 0.2) is 24.3 Å². The first kappa shape index (κ1) is 19.2. The Morgan fingerprint density at radius 3 is 2.46 bits per heavy atom. The molecule has 2 fully saturated rings. The molecule has 1 amide bonds. The van der Waals surface area contributed by atoms with Crippen molar-refractivity contribution in [3.05, 3.63) is 35.6 Å². The van der Waals surface area contributed by atoms with E-state index < -0.39 is 0 Å². The van der Waals surface area contributed by atoms with Crippen LogP contribution < -0.4 is 5.73 Å². The van der Waals surface area contributed by atoms with E-state index in [2.05, 4.69) is 0 Å². The lowest BCUT2D eigenvalue weighted by atomic mass is 9.71. The van der Waals surface area contributed by atoms with Gasteiger partial charge < -0.3 is 10.6 Å². The average molecular weight is 355 g/mol. The summed E-state index contributed by atoms with van der Waals surface area (Å²) in [4.78, 5) is 14.8.